The van der Waals surface area contributed by atoms with Crippen molar-refractivity contribution in [3.05, 3.63) is 158 Å². The standard InChI is InChI=1S/C85H140O17P2/c1-5-9-13-17-21-25-29-33-36-38-39-41-44-47-50-54-58-62-66-70-83(88)95-75-80(101-84(89)71-67-63-59-55-51-45-32-28-24-20-16-12-8-4)77-99-103(91,92)97-73-79(86)74-98-104(93,94)100-78-81(102-85(90)72-68-64-60-56-52-48-42-35-31-27-23-19-15-11-7-3)76-96-82(87)69-65-61-57-53-49-46-43-40-37-34-30-26-22-18-14-10-6-2/h9-11,13-15,21-23,25-27,33-37,39,41-43,46-47,50,52,56,79-81,86H,5-8,12,16-20,24,28-32,38,40,44-45,48-49,51,53-55,57-78H2,1-4H3,(H,91,92)(H,93,94)/b13-9-,14-10-,15-11-,25-21-,26-22-,27-23-,36-33-,37-34-,41-39-,42-35-,46-43-,50-47-,56-52-. The van der Waals surface area contributed by atoms with Crippen LogP contribution < -0.4 is 0 Å². The van der Waals surface area contributed by atoms with Gasteiger partial charge < -0.3 is 33.8 Å². The lowest BCUT2D eigenvalue weighted by molar-refractivity contribution is -0.161. The SMILES string of the molecule is CC/C=C\C/C=C\C/C=C\C/C=C\C/C=C\CCCCCC(=O)OCC(COP(=O)(O)OCC(O)COP(=O)(O)OCC(COC(=O)CCCCCC/C=C\C/C=C\C/C=C\C/C=C\CC)OC(=O)CCCC/C=C\C/C=C\C/C=C\C/C=C\CC)OC(=O)CCCCCCCCCCCCCCC. The van der Waals surface area contributed by atoms with E-state index >= 15 is 0 Å². The Labute approximate surface area is 629 Å². The monoisotopic (exact) mass is 1490 g/mol. The van der Waals surface area contributed by atoms with Gasteiger partial charge in [-0.25, -0.2) is 9.13 Å². The van der Waals surface area contributed by atoms with Crippen molar-refractivity contribution in [3.8, 4) is 0 Å². The molecule has 0 bridgehead atoms. The van der Waals surface area contributed by atoms with Crippen LogP contribution in [0, 0.1) is 0 Å². The molecule has 0 aromatic carbocycles. The molecular formula is C85H140O17P2. The summed E-state index contributed by atoms with van der Waals surface area (Å²) in [5, 5.41) is 10.6. The molecule has 17 nitrogen and oxygen atoms in total. The van der Waals surface area contributed by atoms with Gasteiger partial charge in [-0.3, -0.25) is 37.3 Å². The van der Waals surface area contributed by atoms with E-state index in [0.717, 1.165) is 161 Å². The van der Waals surface area contributed by atoms with E-state index in [-0.39, 0.29) is 25.7 Å². The second-order valence-corrected chi connectivity index (χ2v) is 28.8. The summed E-state index contributed by atoms with van der Waals surface area (Å²) in [6.07, 6.45) is 88.0. The van der Waals surface area contributed by atoms with Gasteiger partial charge in [0.2, 0.25) is 0 Å². The minimum Gasteiger partial charge on any atom is -0.462 e. The zero-order valence-corrected chi connectivity index (χ0v) is 66.4. The van der Waals surface area contributed by atoms with Gasteiger partial charge in [0.25, 0.3) is 0 Å². The van der Waals surface area contributed by atoms with Gasteiger partial charge in [0, 0.05) is 25.7 Å². The lowest BCUT2D eigenvalue weighted by Gasteiger charge is -2.21. The van der Waals surface area contributed by atoms with Crippen LogP contribution in [0.3, 0.4) is 0 Å². The number of phosphoric ester groups is 2. The summed E-state index contributed by atoms with van der Waals surface area (Å²) in [4.78, 5) is 73.0. The van der Waals surface area contributed by atoms with Crippen molar-refractivity contribution in [1.29, 1.82) is 0 Å². The fourth-order valence-electron chi connectivity index (χ4n) is 10.1. The first-order chi connectivity index (χ1) is 50.7. The number of phosphoric acid groups is 2. The van der Waals surface area contributed by atoms with Crippen LogP contribution in [0.25, 0.3) is 0 Å². The normalized spacial score (nSPS) is 14.7. The number of allylic oxidation sites excluding steroid dienone is 26. The van der Waals surface area contributed by atoms with Crippen LogP contribution in [-0.2, 0) is 65.4 Å². The average Bonchev–Trinajstić information content (AvgIpc) is 0.939. The Morgan fingerprint density at radius 3 is 0.798 bits per heavy atom. The summed E-state index contributed by atoms with van der Waals surface area (Å²) in [5.41, 5.74) is 0. The van der Waals surface area contributed by atoms with Gasteiger partial charge in [0.05, 0.1) is 26.4 Å². The van der Waals surface area contributed by atoms with E-state index in [1.54, 1.807) is 0 Å². The minimum absolute atomic E-state index is 0.0316. The van der Waals surface area contributed by atoms with Gasteiger partial charge in [-0.15, -0.1) is 0 Å². The van der Waals surface area contributed by atoms with Crippen LogP contribution in [0.15, 0.2) is 158 Å². The van der Waals surface area contributed by atoms with Crippen LogP contribution in [0.4, 0.5) is 0 Å². The summed E-state index contributed by atoms with van der Waals surface area (Å²) in [5.74, 6) is -2.29. The number of carbonyl (C=O) groups is 4. The second-order valence-electron chi connectivity index (χ2n) is 25.9. The molecular weight excluding hydrogens is 1350 g/mol. The Bertz CT molecular complexity index is 2590. The van der Waals surface area contributed by atoms with Crippen LogP contribution in [0.5, 0.6) is 0 Å². The molecule has 0 aliphatic heterocycles. The van der Waals surface area contributed by atoms with E-state index < -0.39 is 97.5 Å². The number of ether oxygens (including phenoxy) is 4. The first-order valence-corrected chi connectivity index (χ1v) is 42.7. The van der Waals surface area contributed by atoms with Gasteiger partial charge in [0.1, 0.15) is 19.3 Å². The maximum Gasteiger partial charge on any atom is 0.472 e. The Morgan fingerprint density at radius 2 is 0.500 bits per heavy atom. The summed E-state index contributed by atoms with van der Waals surface area (Å²) in [7, 11) is -9.99. The quantitative estimate of drug-likeness (QED) is 0.0169. The molecule has 592 valence electrons. The highest BCUT2D eigenvalue weighted by molar-refractivity contribution is 7.47. The highest BCUT2D eigenvalue weighted by atomic mass is 31.2. The van der Waals surface area contributed by atoms with Crippen molar-refractivity contribution < 1.29 is 80.2 Å². The lowest BCUT2D eigenvalue weighted by atomic mass is 10.0. The number of hydrogen-bond donors (Lipinski definition) is 3. The zero-order chi connectivity index (χ0) is 76.0. The number of carbonyl (C=O) groups excluding carboxylic acids is 4. The van der Waals surface area contributed by atoms with Crippen molar-refractivity contribution in [3.63, 3.8) is 0 Å². The van der Waals surface area contributed by atoms with Crippen molar-refractivity contribution in [2.24, 2.45) is 0 Å². The number of aliphatic hydroxyl groups is 1. The third kappa shape index (κ3) is 74.9. The summed E-state index contributed by atoms with van der Waals surface area (Å²) in [6, 6.07) is 0. The molecule has 0 saturated carbocycles. The van der Waals surface area contributed by atoms with Crippen molar-refractivity contribution in [1.82, 2.24) is 0 Å². The van der Waals surface area contributed by atoms with E-state index in [1.807, 2.05) is 0 Å². The predicted octanol–water partition coefficient (Wildman–Crippen LogP) is 23.2. The Hall–Kier alpha value is -5.32. The third-order valence-electron chi connectivity index (χ3n) is 16.0. The van der Waals surface area contributed by atoms with Crippen molar-refractivity contribution in [2.75, 3.05) is 39.6 Å². The van der Waals surface area contributed by atoms with Gasteiger partial charge in [-0.1, -0.05) is 282 Å². The molecule has 0 amide bonds. The summed E-state index contributed by atoms with van der Waals surface area (Å²) in [6.45, 7) is 4.42. The molecule has 0 radical (unpaired) electrons. The Kier molecular flexibility index (Phi) is 72.0. The molecule has 5 unspecified atom stereocenters. The molecule has 3 N–H and O–H groups in total. The molecule has 0 aromatic rings. The van der Waals surface area contributed by atoms with Crippen molar-refractivity contribution in [2.45, 2.75) is 316 Å². The van der Waals surface area contributed by atoms with E-state index in [2.05, 4.69) is 186 Å². The molecule has 104 heavy (non-hydrogen) atoms. The third-order valence-corrected chi connectivity index (χ3v) is 17.9. The number of esters is 4. The molecule has 0 aliphatic rings. The average molecular weight is 1500 g/mol. The van der Waals surface area contributed by atoms with Gasteiger partial charge in [-0.2, -0.15) is 0 Å². The largest absolute Gasteiger partial charge is 0.472 e. The number of hydrogen-bond acceptors (Lipinski definition) is 15. The highest BCUT2D eigenvalue weighted by Crippen LogP contribution is 2.45. The first kappa shape index (κ1) is 98.7. The topological polar surface area (TPSA) is 237 Å². The van der Waals surface area contributed by atoms with Crippen LogP contribution >= 0.6 is 15.6 Å². The zero-order valence-electron chi connectivity index (χ0n) is 64.6. The Balaban J connectivity index is 5.44. The summed E-state index contributed by atoms with van der Waals surface area (Å²) < 4.78 is 68.5. The predicted molar refractivity (Wildman–Crippen MR) is 427 cm³/mol. The molecule has 0 aromatic heterocycles. The fraction of sp³-hybridized carbons (Fsp3) is 0.647. The van der Waals surface area contributed by atoms with Gasteiger partial charge >= 0.3 is 39.5 Å². The highest BCUT2D eigenvalue weighted by Gasteiger charge is 2.30. The van der Waals surface area contributed by atoms with Crippen LogP contribution in [0.1, 0.15) is 297 Å². The molecule has 0 fully saturated rings. The smallest absolute Gasteiger partial charge is 0.462 e. The molecule has 5 atom stereocenters. The second kappa shape index (κ2) is 75.9. The van der Waals surface area contributed by atoms with Crippen LogP contribution in [0.2, 0.25) is 0 Å². The molecule has 0 saturated heterocycles. The molecule has 0 spiro atoms. The first-order valence-electron chi connectivity index (χ1n) is 39.7. The molecule has 0 rings (SSSR count). The maximum atomic E-state index is 13.1. The van der Waals surface area contributed by atoms with Crippen LogP contribution in [-0.4, -0.2) is 96.7 Å². The molecule has 19 heteroatoms. The lowest BCUT2D eigenvalue weighted by Crippen LogP contribution is -2.30. The maximum absolute atomic E-state index is 13.1. The number of unbranched alkanes of at least 4 members (excludes halogenated alkanes) is 21. The van der Waals surface area contributed by atoms with E-state index in [9.17, 15) is 43.2 Å². The molecule has 0 heterocycles. The number of rotatable bonds is 73. The summed E-state index contributed by atoms with van der Waals surface area (Å²) >= 11 is 0. The van der Waals surface area contributed by atoms with Gasteiger partial charge in [0.15, 0.2) is 12.2 Å². The number of aliphatic hydroxyl groups excluding tert-OH is 1. The minimum atomic E-state index is -5.00. The fourth-order valence-corrected chi connectivity index (χ4v) is 11.6. The van der Waals surface area contributed by atoms with E-state index in [1.165, 1.54) is 51.4 Å². The van der Waals surface area contributed by atoms with Crippen molar-refractivity contribution >= 4 is 39.5 Å². The Morgan fingerprint density at radius 1 is 0.279 bits per heavy atom. The van der Waals surface area contributed by atoms with E-state index in [4.69, 9.17) is 37.0 Å². The van der Waals surface area contributed by atoms with E-state index in [0.29, 0.717) is 32.1 Å². The molecule has 0 aliphatic carbocycles. The van der Waals surface area contributed by atoms with Gasteiger partial charge in [-0.05, 0) is 148 Å².